The maximum Gasteiger partial charge on any atom is 0.0278 e. The third-order valence-corrected chi connectivity index (χ3v) is 13.0. The van der Waals surface area contributed by atoms with Crippen molar-refractivity contribution >= 4 is 21.5 Å². The highest BCUT2D eigenvalue weighted by molar-refractivity contribution is 6.04. The molecule has 0 saturated heterocycles. The predicted molar refractivity (Wildman–Crippen MR) is 201 cm³/mol. The monoisotopic (exact) mass is 614 g/mol. The number of benzene rings is 7. The molecule has 5 aliphatic rings. The van der Waals surface area contributed by atoms with E-state index in [1.54, 1.807) is 11.1 Å². The third-order valence-electron chi connectivity index (χ3n) is 13.0. The van der Waals surface area contributed by atoms with E-state index in [9.17, 15) is 0 Å². The highest BCUT2D eigenvalue weighted by Gasteiger charge is 2.62. The molecule has 0 radical (unpaired) electrons. The van der Waals surface area contributed by atoms with E-state index in [1.807, 2.05) is 0 Å². The molecule has 0 amide bonds. The lowest BCUT2D eigenvalue weighted by molar-refractivity contribution is -0.0397. The van der Waals surface area contributed by atoms with E-state index < -0.39 is 0 Å². The standard InChI is InChI=1S/C48H38/c1-2-10-34-27-38(19-18-32(34)8-1)36-12-5-11-35(28-36)37-13-6-14-39(29-37)43-16-7-17-44-46-42-15-4-3-9-33(42)20-21-45(46)48(47(43)44)40-23-30-22-31(25-40)26-41(48)24-30/h1-21,27-31,40-41H,22-26H2. The van der Waals surface area contributed by atoms with Crippen LogP contribution in [-0.2, 0) is 5.41 Å². The van der Waals surface area contributed by atoms with Gasteiger partial charge in [0.2, 0.25) is 0 Å². The minimum Gasteiger partial charge on any atom is -0.0616 e. The molecule has 0 heterocycles. The molecule has 0 N–H and O–H groups in total. The summed E-state index contributed by atoms with van der Waals surface area (Å²) < 4.78 is 0. The smallest absolute Gasteiger partial charge is 0.0278 e. The third kappa shape index (κ3) is 3.72. The molecule has 0 unspecified atom stereocenters. The molecule has 4 bridgehead atoms. The van der Waals surface area contributed by atoms with Crippen molar-refractivity contribution in [3.63, 3.8) is 0 Å². The first-order valence-corrected chi connectivity index (χ1v) is 18.1. The van der Waals surface area contributed by atoms with E-state index in [-0.39, 0.29) is 5.41 Å². The van der Waals surface area contributed by atoms with E-state index in [2.05, 4.69) is 146 Å². The lowest BCUT2D eigenvalue weighted by atomic mass is 9.42. The van der Waals surface area contributed by atoms with Crippen molar-refractivity contribution in [3.8, 4) is 44.5 Å². The fourth-order valence-corrected chi connectivity index (χ4v) is 11.4. The summed E-state index contributed by atoms with van der Waals surface area (Å²) in [5, 5.41) is 5.36. The van der Waals surface area contributed by atoms with Crippen LogP contribution >= 0.6 is 0 Å². The molecule has 7 aromatic carbocycles. The molecule has 5 aliphatic carbocycles. The molecule has 7 aromatic rings. The zero-order chi connectivity index (χ0) is 31.4. The van der Waals surface area contributed by atoms with E-state index >= 15 is 0 Å². The molecular weight excluding hydrogens is 577 g/mol. The summed E-state index contributed by atoms with van der Waals surface area (Å²) in [6.45, 7) is 0. The van der Waals surface area contributed by atoms with Gasteiger partial charge in [-0.1, -0.05) is 127 Å². The topological polar surface area (TPSA) is 0 Å². The molecule has 230 valence electrons. The fourth-order valence-electron chi connectivity index (χ4n) is 11.4. The van der Waals surface area contributed by atoms with Crippen LogP contribution in [0.25, 0.3) is 66.1 Å². The lowest BCUT2D eigenvalue weighted by Gasteiger charge is -2.61. The Hall–Kier alpha value is -4.94. The molecule has 0 aromatic heterocycles. The Morgan fingerprint density at radius 3 is 1.71 bits per heavy atom. The van der Waals surface area contributed by atoms with Gasteiger partial charge in [-0.15, -0.1) is 0 Å². The van der Waals surface area contributed by atoms with Crippen molar-refractivity contribution < 1.29 is 0 Å². The predicted octanol–water partition coefficient (Wildman–Crippen LogP) is 12.7. The van der Waals surface area contributed by atoms with E-state index in [0.29, 0.717) is 0 Å². The maximum absolute atomic E-state index is 2.55. The van der Waals surface area contributed by atoms with Gasteiger partial charge in [-0.25, -0.2) is 0 Å². The molecule has 4 saturated carbocycles. The van der Waals surface area contributed by atoms with Crippen molar-refractivity contribution in [1.29, 1.82) is 0 Å². The molecule has 48 heavy (non-hydrogen) atoms. The molecular formula is C48H38. The summed E-state index contributed by atoms with van der Waals surface area (Å²) >= 11 is 0. The van der Waals surface area contributed by atoms with Gasteiger partial charge < -0.3 is 0 Å². The molecule has 0 atom stereocenters. The Balaban J connectivity index is 1.09. The summed E-state index contributed by atoms with van der Waals surface area (Å²) in [7, 11) is 0. The number of hydrogen-bond acceptors (Lipinski definition) is 0. The quantitative estimate of drug-likeness (QED) is 0.186. The SMILES string of the molecule is c1cc(-c2cccc(-c3cccc4c3C3(c5ccc6ccccc6c5-4)C4CC5CC(C4)CC3C5)c2)cc(-c2ccc3ccccc3c2)c1. The van der Waals surface area contributed by atoms with Crippen LogP contribution in [0.2, 0.25) is 0 Å². The largest absolute Gasteiger partial charge is 0.0616 e. The minimum absolute atomic E-state index is 0.116. The summed E-state index contributed by atoms with van der Waals surface area (Å²) in [6.07, 6.45) is 7.06. The summed E-state index contributed by atoms with van der Waals surface area (Å²) in [5.41, 5.74) is 14.3. The van der Waals surface area contributed by atoms with Crippen LogP contribution in [0.3, 0.4) is 0 Å². The number of rotatable bonds is 3. The number of hydrogen-bond donors (Lipinski definition) is 0. The summed E-state index contributed by atoms with van der Waals surface area (Å²) in [6, 6.07) is 55.4. The van der Waals surface area contributed by atoms with E-state index in [1.165, 1.54) is 98.2 Å². The van der Waals surface area contributed by atoms with Crippen molar-refractivity contribution in [2.24, 2.45) is 23.7 Å². The van der Waals surface area contributed by atoms with Gasteiger partial charge in [-0.3, -0.25) is 0 Å². The van der Waals surface area contributed by atoms with Gasteiger partial charge in [0.05, 0.1) is 0 Å². The molecule has 4 fully saturated rings. The first-order valence-electron chi connectivity index (χ1n) is 18.1. The first kappa shape index (κ1) is 27.1. The van der Waals surface area contributed by atoms with Crippen molar-refractivity contribution in [3.05, 3.63) is 157 Å². The van der Waals surface area contributed by atoms with Crippen LogP contribution in [0.5, 0.6) is 0 Å². The van der Waals surface area contributed by atoms with Crippen molar-refractivity contribution in [2.75, 3.05) is 0 Å². The van der Waals surface area contributed by atoms with Gasteiger partial charge in [0.25, 0.3) is 0 Å². The Bertz CT molecular complexity index is 2400. The van der Waals surface area contributed by atoms with Gasteiger partial charge in [0.1, 0.15) is 0 Å². The normalized spacial score (nSPS) is 24.8. The Morgan fingerprint density at radius 1 is 0.396 bits per heavy atom. The van der Waals surface area contributed by atoms with E-state index in [4.69, 9.17) is 0 Å². The zero-order valence-electron chi connectivity index (χ0n) is 27.2. The van der Waals surface area contributed by atoms with Gasteiger partial charge in [0, 0.05) is 5.41 Å². The molecule has 0 heteroatoms. The molecule has 12 rings (SSSR count). The average molecular weight is 615 g/mol. The van der Waals surface area contributed by atoms with Gasteiger partial charge >= 0.3 is 0 Å². The molecule has 0 nitrogen and oxygen atoms in total. The molecule has 1 spiro atoms. The molecule has 0 aliphatic heterocycles. The van der Waals surface area contributed by atoms with Crippen LogP contribution in [0.1, 0.15) is 43.2 Å². The van der Waals surface area contributed by atoms with Gasteiger partial charge in [0.15, 0.2) is 0 Å². The maximum atomic E-state index is 2.55. The second-order valence-corrected chi connectivity index (χ2v) is 15.3. The van der Waals surface area contributed by atoms with Gasteiger partial charge in [-0.2, -0.15) is 0 Å². The fraction of sp³-hybridized carbons (Fsp3) is 0.208. The van der Waals surface area contributed by atoms with Crippen molar-refractivity contribution in [2.45, 2.75) is 37.5 Å². The Morgan fingerprint density at radius 2 is 0.958 bits per heavy atom. The van der Waals surface area contributed by atoms with E-state index in [0.717, 1.165) is 23.7 Å². The Labute approximate surface area is 283 Å². The highest BCUT2D eigenvalue weighted by Crippen LogP contribution is 2.71. The van der Waals surface area contributed by atoms with Gasteiger partial charge in [-0.05, 0) is 151 Å². The van der Waals surface area contributed by atoms with Crippen LogP contribution in [-0.4, -0.2) is 0 Å². The van der Waals surface area contributed by atoms with Crippen LogP contribution in [0, 0.1) is 23.7 Å². The zero-order valence-corrected chi connectivity index (χ0v) is 27.2. The second kappa shape index (κ2) is 10.0. The first-order chi connectivity index (χ1) is 23.7. The average Bonchev–Trinajstić information content (AvgIpc) is 3.45. The van der Waals surface area contributed by atoms with Crippen LogP contribution in [0.15, 0.2) is 146 Å². The van der Waals surface area contributed by atoms with Crippen molar-refractivity contribution in [1.82, 2.24) is 0 Å². The second-order valence-electron chi connectivity index (χ2n) is 15.3. The Kier molecular flexibility index (Phi) is 5.66. The van der Waals surface area contributed by atoms with Crippen LogP contribution < -0.4 is 0 Å². The van der Waals surface area contributed by atoms with Crippen LogP contribution in [0.4, 0.5) is 0 Å². The number of fused-ring (bicyclic) bond motifs is 6. The highest BCUT2D eigenvalue weighted by atomic mass is 14.7. The minimum atomic E-state index is 0.116. The summed E-state index contributed by atoms with van der Waals surface area (Å²) in [4.78, 5) is 0. The summed E-state index contributed by atoms with van der Waals surface area (Å²) in [5.74, 6) is 3.32. The lowest BCUT2D eigenvalue weighted by Crippen LogP contribution is -2.55.